The van der Waals surface area contributed by atoms with Crippen LogP contribution in [-0.4, -0.2) is 24.1 Å². The zero-order chi connectivity index (χ0) is 14.3. The molecule has 0 aromatic heterocycles. The molecular formula is C14H13BrNO4-. The monoisotopic (exact) mass is 338 g/mol. The van der Waals surface area contributed by atoms with Gasteiger partial charge in [-0.1, -0.05) is 22.0 Å². The van der Waals surface area contributed by atoms with Crippen molar-refractivity contribution in [2.24, 2.45) is 11.8 Å². The lowest BCUT2D eigenvalue weighted by Crippen LogP contribution is -2.46. The molecular weight excluding hydrogens is 326 g/mol. The maximum absolute atomic E-state index is 12.3. The highest BCUT2D eigenvalue weighted by atomic mass is 79.9. The molecule has 0 spiro atoms. The zero-order valence-corrected chi connectivity index (χ0v) is 12.1. The first kappa shape index (κ1) is 13.6. The summed E-state index contributed by atoms with van der Waals surface area (Å²) in [6.07, 6.45) is 0.716. The van der Waals surface area contributed by atoms with Gasteiger partial charge in [0.1, 0.15) is 0 Å². The molecule has 6 heteroatoms. The minimum Gasteiger partial charge on any atom is -0.550 e. The number of anilines is 1. The van der Waals surface area contributed by atoms with Crippen LogP contribution < -0.4 is 10.4 Å². The zero-order valence-electron chi connectivity index (χ0n) is 10.5. The molecule has 1 N–H and O–H groups in total. The highest BCUT2D eigenvalue weighted by molar-refractivity contribution is 9.10. The van der Waals surface area contributed by atoms with Crippen LogP contribution in [0.3, 0.4) is 0 Å². The largest absolute Gasteiger partial charge is 0.550 e. The summed E-state index contributed by atoms with van der Waals surface area (Å²) in [7, 11) is 0. The lowest BCUT2D eigenvalue weighted by Gasteiger charge is -2.27. The molecule has 1 aromatic rings. The summed E-state index contributed by atoms with van der Waals surface area (Å²) in [6, 6.07) is 7.16. The third kappa shape index (κ3) is 2.33. The van der Waals surface area contributed by atoms with Crippen LogP contribution in [0.2, 0.25) is 0 Å². The van der Waals surface area contributed by atoms with Gasteiger partial charge >= 0.3 is 0 Å². The van der Waals surface area contributed by atoms with E-state index in [1.807, 2.05) is 6.07 Å². The molecule has 2 fully saturated rings. The maximum Gasteiger partial charge on any atom is 0.230 e. The van der Waals surface area contributed by atoms with Gasteiger partial charge < -0.3 is 20.0 Å². The van der Waals surface area contributed by atoms with Gasteiger partial charge in [0.25, 0.3) is 0 Å². The smallest absolute Gasteiger partial charge is 0.230 e. The fourth-order valence-corrected chi connectivity index (χ4v) is 3.50. The van der Waals surface area contributed by atoms with Crippen molar-refractivity contribution in [3.8, 4) is 0 Å². The predicted octanol–water partition coefficient (Wildman–Crippen LogP) is 0.931. The lowest BCUT2D eigenvalue weighted by atomic mass is 9.78. The number of halogens is 1. The van der Waals surface area contributed by atoms with E-state index >= 15 is 0 Å². The van der Waals surface area contributed by atoms with Crippen molar-refractivity contribution < 1.29 is 19.4 Å². The quantitative estimate of drug-likeness (QED) is 0.889. The topological polar surface area (TPSA) is 78.5 Å². The van der Waals surface area contributed by atoms with Crippen molar-refractivity contribution >= 4 is 33.5 Å². The summed E-state index contributed by atoms with van der Waals surface area (Å²) in [5, 5.41) is 14.0. The molecule has 2 saturated heterocycles. The molecule has 20 heavy (non-hydrogen) atoms. The molecule has 4 atom stereocenters. The Hall–Kier alpha value is -1.40. The third-order valence-electron chi connectivity index (χ3n) is 3.94. The number of nitrogens with one attached hydrogen (secondary N) is 1. The second-order valence-electron chi connectivity index (χ2n) is 5.16. The van der Waals surface area contributed by atoms with Crippen LogP contribution in [-0.2, 0) is 14.3 Å². The first-order valence-electron chi connectivity index (χ1n) is 6.49. The molecule has 2 aliphatic heterocycles. The third-order valence-corrected chi connectivity index (χ3v) is 4.43. The van der Waals surface area contributed by atoms with Crippen molar-refractivity contribution in [3.05, 3.63) is 28.7 Å². The number of benzene rings is 1. The Morgan fingerprint density at radius 2 is 1.95 bits per heavy atom. The molecule has 106 valence electrons. The van der Waals surface area contributed by atoms with Gasteiger partial charge in [0.15, 0.2) is 0 Å². The second-order valence-corrected chi connectivity index (χ2v) is 6.08. The van der Waals surface area contributed by atoms with E-state index in [1.165, 1.54) is 0 Å². The normalized spacial score (nSPS) is 31.2. The highest BCUT2D eigenvalue weighted by Gasteiger charge is 2.52. The molecule has 2 bridgehead atoms. The summed E-state index contributed by atoms with van der Waals surface area (Å²) < 4.78 is 6.39. The van der Waals surface area contributed by atoms with Gasteiger partial charge in [0.2, 0.25) is 5.91 Å². The van der Waals surface area contributed by atoms with Gasteiger partial charge in [-0.2, -0.15) is 0 Å². The first-order valence-corrected chi connectivity index (χ1v) is 7.28. The first-order chi connectivity index (χ1) is 9.56. The van der Waals surface area contributed by atoms with Crippen LogP contribution in [0, 0.1) is 11.8 Å². The van der Waals surface area contributed by atoms with E-state index in [9.17, 15) is 14.7 Å². The molecule has 5 nitrogen and oxygen atoms in total. The van der Waals surface area contributed by atoms with Crippen molar-refractivity contribution in [2.75, 3.05) is 5.32 Å². The average molecular weight is 339 g/mol. The van der Waals surface area contributed by atoms with E-state index < -0.39 is 17.8 Å². The fraction of sp³-hybridized carbons (Fsp3) is 0.429. The number of aliphatic carboxylic acids is 1. The molecule has 2 aliphatic rings. The summed E-state index contributed by atoms with van der Waals surface area (Å²) in [6.45, 7) is 0. The SMILES string of the molecule is O=C([O-])[C@@H]1[C@@H](C(=O)Nc2cccc(Br)c2)[C@H]2CC[C@@H]1O2. The summed E-state index contributed by atoms with van der Waals surface area (Å²) >= 11 is 3.32. The summed E-state index contributed by atoms with van der Waals surface area (Å²) in [5.74, 6) is -3.03. The minimum atomic E-state index is -1.20. The Bertz CT molecular complexity index is 562. The Morgan fingerprint density at radius 1 is 1.25 bits per heavy atom. The van der Waals surface area contributed by atoms with E-state index in [2.05, 4.69) is 21.2 Å². The highest BCUT2D eigenvalue weighted by Crippen LogP contribution is 2.43. The number of rotatable bonds is 3. The Morgan fingerprint density at radius 3 is 2.60 bits per heavy atom. The Balaban J connectivity index is 1.78. The minimum absolute atomic E-state index is 0.310. The Labute approximate surface area is 124 Å². The molecule has 0 aliphatic carbocycles. The average Bonchev–Trinajstić information content (AvgIpc) is 2.98. The number of amides is 1. The van der Waals surface area contributed by atoms with E-state index in [0.717, 1.165) is 10.9 Å². The van der Waals surface area contributed by atoms with Gasteiger partial charge in [-0.3, -0.25) is 4.79 Å². The predicted molar refractivity (Wildman–Crippen MR) is 72.7 cm³/mol. The second kappa shape index (κ2) is 5.18. The fourth-order valence-electron chi connectivity index (χ4n) is 3.10. The standard InChI is InChI=1S/C14H14BrNO4/c15-7-2-1-3-8(6-7)16-13(17)11-9-4-5-10(20-9)12(11)14(18)19/h1-3,6,9-12H,4-5H2,(H,16,17)(H,18,19)/p-1/t9-,10+,11+,12+/m1/s1. The lowest BCUT2D eigenvalue weighted by molar-refractivity contribution is -0.313. The van der Waals surface area contributed by atoms with E-state index in [4.69, 9.17) is 4.74 Å². The number of carbonyl (C=O) groups is 2. The maximum atomic E-state index is 12.3. The molecule has 0 radical (unpaired) electrons. The number of fused-ring (bicyclic) bond motifs is 2. The van der Waals surface area contributed by atoms with Crippen LogP contribution in [0.25, 0.3) is 0 Å². The molecule has 2 heterocycles. The van der Waals surface area contributed by atoms with Gasteiger partial charge in [-0.15, -0.1) is 0 Å². The van der Waals surface area contributed by atoms with Crippen LogP contribution >= 0.6 is 15.9 Å². The van der Waals surface area contributed by atoms with Crippen LogP contribution in [0.5, 0.6) is 0 Å². The number of ether oxygens (including phenoxy) is 1. The number of carboxylic acid groups (broad SMARTS) is 1. The van der Waals surface area contributed by atoms with Gasteiger partial charge in [0, 0.05) is 22.0 Å². The van der Waals surface area contributed by atoms with Crippen LogP contribution in [0.1, 0.15) is 12.8 Å². The van der Waals surface area contributed by atoms with Crippen molar-refractivity contribution in [1.29, 1.82) is 0 Å². The Kier molecular flexibility index (Phi) is 3.52. The summed E-state index contributed by atoms with van der Waals surface area (Å²) in [5.41, 5.74) is 0.629. The molecule has 0 saturated carbocycles. The summed E-state index contributed by atoms with van der Waals surface area (Å²) in [4.78, 5) is 23.6. The number of hydrogen-bond donors (Lipinski definition) is 1. The van der Waals surface area contributed by atoms with E-state index in [-0.39, 0.29) is 18.1 Å². The number of carbonyl (C=O) groups excluding carboxylic acids is 2. The van der Waals surface area contributed by atoms with Crippen LogP contribution in [0.15, 0.2) is 28.7 Å². The molecule has 3 rings (SSSR count). The van der Waals surface area contributed by atoms with Crippen molar-refractivity contribution in [3.63, 3.8) is 0 Å². The number of carboxylic acids is 1. The molecule has 1 amide bonds. The van der Waals surface area contributed by atoms with Gasteiger partial charge in [0.05, 0.1) is 18.1 Å². The van der Waals surface area contributed by atoms with Gasteiger partial charge in [-0.05, 0) is 31.0 Å². The van der Waals surface area contributed by atoms with Crippen molar-refractivity contribution in [1.82, 2.24) is 0 Å². The van der Waals surface area contributed by atoms with Gasteiger partial charge in [-0.25, -0.2) is 0 Å². The van der Waals surface area contributed by atoms with Crippen molar-refractivity contribution in [2.45, 2.75) is 25.0 Å². The molecule has 1 aromatic carbocycles. The van der Waals surface area contributed by atoms with E-state index in [0.29, 0.717) is 12.1 Å². The van der Waals surface area contributed by atoms with Crippen LogP contribution in [0.4, 0.5) is 5.69 Å². The number of hydrogen-bond acceptors (Lipinski definition) is 4. The molecule has 0 unspecified atom stereocenters. The van der Waals surface area contributed by atoms with E-state index in [1.54, 1.807) is 18.2 Å².